The zero-order valence-electron chi connectivity index (χ0n) is 9.52. The van der Waals surface area contributed by atoms with Crippen LogP contribution in [0.15, 0.2) is 34.9 Å². The lowest BCUT2D eigenvalue weighted by atomic mass is 10.1. The van der Waals surface area contributed by atoms with Gasteiger partial charge in [-0.25, -0.2) is 0 Å². The van der Waals surface area contributed by atoms with Gasteiger partial charge in [0.2, 0.25) is 0 Å². The molecule has 0 aliphatic rings. The summed E-state index contributed by atoms with van der Waals surface area (Å²) in [6, 6.07) is 10.2. The second-order valence-electron chi connectivity index (χ2n) is 3.82. The first-order valence-electron chi connectivity index (χ1n) is 5.35. The highest BCUT2D eigenvalue weighted by atomic mass is 79.9. The van der Waals surface area contributed by atoms with Crippen LogP contribution < -0.4 is 4.90 Å². The predicted octanol–water partition coefficient (Wildman–Crippen LogP) is 3.35. The van der Waals surface area contributed by atoms with E-state index < -0.39 is 0 Å². The molecule has 0 aliphatic carbocycles. The highest BCUT2D eigenvalue weighted by Gasteiger charge is 2.06. The van der Waals surface area contributed by atoms with E-state index in [1.54, 1.807) is 6.20 Å². The Morgan fingerprint density at radius 1 is 1.41 bits per heavy atom. The van der Waals surface area contributed by atoms with Gasteiger partial charge in [-0.3, -0.25) is 4.98 Å². The maximum Gasteiger partial charge on any atom is 0.0734 e. The first kappa shape index (κ1) is 11.9. The topological polar surface area (TPSA) is 39.9 Å². The van der Waals surface area contributed by atoms with Crippen LogP contribution in [0.4, 0.5) is 5.69 Å². The van der Waals surface area contributed by atoms with Gasteiger partial charge in [0.25, 0.3) is 0 Å². The Labute approximate surface area is 109 Å². The summed E-state index contributed by atoms with van der Waals surface area (Å²) in [6.45, 7) is 0.728. The molecule has 2 aromatic rings. The number of benzene rings is 1. The summed E-state index contributed by atoms with van der Waals surface area (Å²) >= 11 is 3.44. The molecule has 0 saturated heterocycles. The highest BCUT2D eigenvalue weighted by Crippen LogP contribution is 2.26. The Morgan fingerprint density at radius 3 is 3.00 bits per heavy atom. The summed E-state index contributed by atoms with van der Waals surface area (Å²) in [7, 11) is 1.99. The lowest BCUT2D eigenvalue weighted by Gasteiger charge is -2.19. The Morgan fingerprint density at radius 2 is 2.24 bits per heavy atom. The van der Waals surface area contributed by atoms with E-state index in [0.29, 0.717) is 6.42 Å². The van der Waals surface area contributed by atoms with Crippen LogP contribution in [0.2, 0.25) is 0 Å². The molecule has 0 spiro atoms. The minimum atomic E-state index is 0.525. The number of pyridine rings is 1. The van der Waals surface area contributed by atoms with Crippen molar-refractivity contribution in [1.29, 1.82) is 5.26 Å². The van der Waals surface area contributed by atoms with Gasteiger partial charge >= 0.3 is 0 Å². The van der Waals surface area contributed by atoms with E-state index in [1.165, 1.54) is 0 Å². The average molecular weight is 290 g/mol. The van der Waals surface area contributed by atoms with Gasteiger partial charge in [0.1, 0.15) is 0 Å². The Kier molecular flexibility index (Phi) is 3.60. The van der Waals surface area contributed by atoms with Crippen molar-refractivity contribution in [2.75, 3.05) is 18.5 Å². The first-order chi connectivity index (χ1) is 8.22. The van der Waals surface area contributed by atoms with Crippen molar-refractivity contribution < 1.29 is 0 Å². The number of nitriles is 1. The summed E-state index contributed by atoms with van der Waals surface area (Å²) in [5.41, 5.74) is 2.07. The molecule has 1 aromatic carbocycles. The van der Waals surface area contributed by atoms with Crippen LogP contribution in [0.25, 0.3) is 10.9 Å². The number of aromatic nitrogens is 1. The molecule has 4 heteroatoms. The Balaban J connectivity index is 2.44. The fourth-order valence-corrected chi connectivity index (χ4v) is 2.13. The monoisotopic (exact) mass is 289 g/mol. The predicted molar refractivity (Wildman–Crippen MR) is 72.9 cm³/mol. The molecular formula is C13H12BrN3. The molecule has 0 aliphatic heterocycles. The number of fused-ring (bicyclic) bond motifs is 1. The van der Waals surface area contributed by atoms with Crippen molar-refractivity contribution >= 4 is 32.5 Å². The average Bonchev–Trinajstić information content (AvgIpc) is 2.34. The molecule has 0 atom stereocenters. The normalized spacial score (nSPS) is 10.2. The summed E-state index contributed by atoms with van der Waals surface area (Å²) in [6.07, 6.45) is 2.32. The van der Waals surface area contributed by atoms with Crippen molar-refractivity contribution in [3.05, 3.63) is 34.9 Å². The van der Waals surface area contributed by atoms with E-state index in [9.17, 15) is 0 Å². The van der Waals surface area contributed by atoms with E-state index in [0.717, 1.165) is 27.6 Å². The van der Waals surface area contributed by atoms with Gasteiger partial charge in [0.15, 0.2) is 0 Å². The maximum absolute atomic E-state index is 8.62. The van der Waals surface area contributed by atoms with Gasteiger partial charge in [-0.05, 0) is 24.3 Å². The highest BCUT2D eigenvalue weighted by molar-refractivity contribution is 9.10. The molecule has 2 rings (SSSR count). The third-order valence-electron chi connectivity index (χ3n) is 2.65. The Bertz CT molecular complexity index is 574. The van der Waals surface area contributed by atoms with Crippen LogP contribution in [0, 0.1) is 11.3 Å². The smallest absolute Gasteiger partial charge is 0.0734 e. The van der Waals surface area contributed by atoms with Crippen molar-refractivity contribution in [3.63, 3.8) is 0 Å². The molecule has 0 unspecified atom stereocenters. The molecule has 0 radical (unpaired) electrons. The fourth-order valence-electron chi connectivity index (χ4n) is 1.78. The van der Waals surface area contributed by atoms with E-state index in [1.807, 2.05) is 31.3 Å². The molecule has 3 nitrogen and oxygen atoms in total. The van der Waals surface area contributed by atoms with Crippen molar-refractivity contribution in [1.82, 2.24) is 4.98 Å². The second kappa shape index (κ2) is 5.15. The molecule has 0 fully saturated rings. The summed E-state index contributed by atoms with van der Waals surface area (Å²) in [4.78, 5) is 6.43. The SMILES string of the molecule is CN(CCC#N)c1ccnc2cc(Br)ccc12. The Hall–Kier alpha value is -1.60. The van der Waals surface area contributed by atoms with Gasteiger partial charge in [-0.15, -0.1) is 0 Å². The molecule has 0 saturated carbocycles. The summed E-state index contributed by atoms with van der Waals surface area (Å²) < 4.78 is 1.02. The molecule has 0 N–H and O–H groups in total. The van der Waals surface area contributed by atoms with Crippen LogP contribution >= 0.6 is 15.9 Å². The van der Waals surface area contributed by atoms with Gasteiger partial charge in [0, 0.05) is 35.3 Å². The van der Waals surface area contributed by atoms with Gasteiger partial charge in [-0.1, -0.05) is 15.9 Å². The molecule has 86 valence electrons. The third-order valence-corrected chi connectivity index (χ3v) is 3.15. The summed E-state index contributed by atoms with van der Waals surface area (Å²) in [5, 5.41) is 9.72. The van der Waals surface area contributed by atoms with Crippen molar-refractivity contribution in [3.8, 4) is 6.07 Å². The van der Waals surface area contributed by atoms with E-state index >= 15 is 0 Å². The minimum Gasteiger partial charge on any atom is -0.373 e. The van der Waals surface area contributed by atoms with Crippen molar-refractivity contribution in [2.45, 2.75) is 6.42 Å². The lowest BCUT2D eigenvalue weighted by Crippen LogP contribution is -2.18. The minimum absolute atomic E-state index is 0.525. The van der Waals surface area contributed by atoms with Gasteiger partial charge in [0.05, 0.1) is 18.0 Å². The maximum atomic E-state index is 8.62. The largest absolute Gasteiger partial charge is 0.373 e. The number of rotatable bonds is 3. The first-order valence-corrected chi connectivity index (χ1v) is 6.14. The standard InChI is InChI=1S/C13H12BrN3/c1-17(8-2-6-15)13-5-7-16-12-9-10(14)3-4-11(12)13/h3-5,7,9H,2,8H2,1H3. The molecule has 0 amide bonds. The number of halogens is 1. The molecule has 0 bridgehead atoms. The van der Waals surface area contributed by atoms with Crippen LogP contribution in [-0.2, 0) is 0 Å². The van der Waals surface area contributed by atoms with Crippen molar-refractivity contribution in [2.24, 2.45) is 0 Å². The second-order valence-corrected chi connectivity index (χ2v) is 4.74. The van der Waals surface area contributed by atoms with Crippen LogP contribution in [0.5, 0.6) is 0 Å². The summed E-state index contributed by atoms with van der Waals surface area (Å²) in [5.74, 6) is 0. The molecule has 1 aromatic heterocycles. The lowest BCUT2D eigenvalue weighted by molar-refractivity contribution is 0.908. The third kappa shape index (κ3) is 2.56. The number of hydrogen-bond acceptors (Lipinski definition) is 3. The zero-order chi connectivity index (χ0) is 12.3. The van der Waals surface area contributed by atoms with E-state index in [2.05, 4.69) is 31.9 Å². The number of anilines is 1. The zero-order valence-corrected chi connectivity index (χ0v) is 11.1. The van der Waals surface area contributed by atoms with Gasteiger partial charge < -0.3 is 4.90 Å². The van der Waals surface area contributed by atoms with Crippen LogP contribution in [-0.4, -0.2) is 18.6 Å². The quantitative estimate of drug-likeness (QED) is 0.870. The number of nitrogens with zero attached hydrogens (tertiary/aromatic N) is 3. The van der Waals surface area contributed by atoms with Crippen LogP contribution in [0.1, 0.15) is 6.42 Å². The van der Waals surface area contributed by atoms with E-state index in [4.69, 9.17) is 5.26 Å². The van der Waals surface area contributed by atoms with Crippen LogP contribution in [0.3, 0.4) is 0 Å². The molecule has 17 heavy (non-hydrogen) atoms. The fraction of sp³-hybridized carbons (Fsp3) is 0.231. The number of hydrogen-bond donors (Lipinski definition) is 0. The van der Waals surface area contributed by atoms with Gasteiger partial charge in [-0.2, -0.15) is 5.26 Å². The molecule has 1 heterocycles. The van der Waals surface area contributed by atoms with E-state index in [-0.39, 0.29) is 0 Å². The molecular weight excluding hydrogens is 278 g/mol.